The van der Waals surface area contributed by atoms with Crippen LogP contribution in [0.4, 0.5) is 5.69 Å². The smallest absolute Gasteiger partial charge is 0.283 e. The van der Waals surface area contributed by atoms with Gasteiger partial charge in [-0.1, -0.05) is 0 Å². The lowest BCUT2D eigenvalue weighted by Crippen LogP contribution is -2.18. The van der Waals surface area contributed by atoms with Crippen LogP contribution < -0.4 is 5.43 Å². The zero-order chi connectivity index (χ0) is 23.5. The van der Waals surface area contributed by atoms with Crippen LogP contribution in [0.25, 0.3) is 15.9 Å². The molecule has 0 atom stereocenters. The molecule has 0 unspecified atom stereocenters. The van der Waals surface area contributed by atoms with Crippen molar-refractivity contribution in [3.05, 3.63) is 80.6 Å². The van der Waals surface area contributed by atoms with Crippen LogP contribution in [0.2, 0.25) is 0 Å². The number of fused-ring (bicyclic) bond motifs is 1. The highest BCUT2D eigenvalue weighted by atomic mass is 32.1. The molecule has 0 spiro atoms. The Morgan fingerprint density at radius 2 is 2.12 bits per heavy atom. The van der Waals surface area contributed by atoms with Crippen molar-refractivity contribution in [1.29, 1.82) is 0 Å². The van der Waals surface area contributed by atoms with Gasteiger partial charge in [-0.15, -0.1) is 11.3 Å². The van der Waals surface area contributed by atoms with Crippen molar-refractivity contribution in [2.24, 2.45) is 5.10 Å². The van der Waals surface area contributed by atoms with E-state index < -0.39 is 10.8 Å². The van der Waals surface area contributed by atoms with Gasteiger partial charge in [0, 0.05) is 48.3 Å². The fourth-order valence-electron chi connectivity index (χ4n) is 3.42. The maximum absolute atomic E-state index is 13.1. The maximum atomic E-state index is 13.1. The van der Waals surface area contributed by atoms with Gasteiger partial charge in [0.1, 0.15) is 15.5 Å². The molecule has 0 aliphatic carbocycles. The van der Waals surface area contributed by atoms with Crippen LogP contribution >= 0.6 is 11.3 Å². The molecule has 0 radical (unpaired) electrons. The van der Waals surface area contributed by atoms with Gasteiger partial charge in [0.05, 0.1) is 23.4 Å². The molecule has 0 fully saturated rings. The third-order valence-electron chi connectivity index (χ3n) is 4.81. The standard InChI is InChI=1S/C22H19N5O5S/c1-13-9-15(12-32-2)18-19(26-7-3-4-8-26)20(33-22(18)24-13)21(29)25-23-11-14-10-16(27(30)31)5-6-17(14)28/h3-11,28H,12H2,1-2H3,(H,25,29)/b23-11+. The summed E-state index contributed by atoms with van der Waals surface area (Å²) < 4.78 is 7.19. The fraction of sp³-hybridized carbons (Fsp3) is 0.136. The maximum Gasteiger partial charge on any atom is 0.283 e. The van der Waals surface area contributed by atoms with Crippen LogP contribution in [0.3, 0.4) is 0 Å². The molecule has 0 saturated heterocycles. The molecule has 2 N–H and O–H groups in total. The monoisotopic (exact) mass is 465 g/mol. The number of nitro benzene ring substituents is 1. The number of hydrogen-bond donors (Lipinski definition) is 2. The number of amides is 1. The molecule has 4 rings (SSSR count). The number of nitrogens with zero attached hydrogens (tertiary/aromatic N) is 4. The lowest BCUT2D eigenvalue weighted by Gasteiger charge is -2.09. The topological polar surface area (TPSA) is 132 Å². The summed E-state index contributed by atoms with van der Waals surface area (Å²) >= 11 is 1.23. The zero-order valence-electron chi connectivity index (χ0n) is 17.7. The van der Waals surface area contributed by atoms with E-state index >= 15 is 0 Å². The van der Waals surface area contributed by atoms with E-state index in [1.807, 2.05) is 42.1 Å². The van der Waals surface area contributed by atoms with Gasteiger partial charge in [-0.05, 0) is 36.8 Å². The van der Waals surface area contributed by atoms with Crippen molar-refractivity contribution in [2.45, 2.75) is 13.5 Å². The molecule has 33 heavy (non-hydrogen) atoms. The Bertz CT molecular complexity index is 1380. The van der Waals surface area contributed by atoms with Crippen LogP contribution in [0.15, 0.2) is 53.9 Å². The summed E-state index contributed by atoms with van der Waals surface area (Å²) in [5.41, 5.74) is 4.71. The van der Waals surface area contributed by atoms with Gasteiger partial charge in [0.15, 0.2) is 0 Å². The van der Waals surface area contributed by atoms with Crippen LogP contribution in [-0.4, -0.2) is 38.8 Å². The molecule has 168 valence electrons. The number of pyridine rings is 1. The Kier molecular flexibility index (Phi) is 6.16. The number of thiophene rings is 1. The molecule has 0 aliphatic heterocycles. The molecule has 3 aromatic heterocycles. The number of aromatic hydroxyl groups is 1. The Balaban J connectivity index is 1.72. The van der Waals surface area contributed by atoms with Crippen molar-refractivity contribution >= 4 is 39.4 Å². The number of ether oxygens (including phenoxy) is 1. The molecule has 0 aliphatic rings. The number of hydrogen-bond acceptors (Lipinski definition) is 8. The van der Waals surface area contributed by atoms with Gasteiger partial charge >= 0.3 is 0 Å². The Labute approximate surface area is 191 Å². The second-order valence-electron chi connectivity index (χ2n) is 7.11. The zero-order valence-corrected chi connectivity index (χ0v) is 18.5. The average molecular weight is 465 g/mol. The SMILES string of the molecule is COCc1cc(C)nc2sc(C(=O)N/N=C/c3cc([N+](=O)[O-])ccc3O)c(-n3cccc3)c12. The van der Waals surface area contributed by atoms with Crippen molar-refractivity contribution in [2.75, 3.05) is 7.11 Å². The Morgan fingerprint density at radius 3 is 2.82 bits per heavy atom. The van der Waals surface area contributed by atoms with Crippen molar-refractivity contribution < 1.29 is 19.6 Å². The van der Waals surface area contributed by atoms with Crippen molar-refractivity contribution in [1.82, 2.24) is 15.0 Å². The average Bonchev–Trinajstić information content (AvgIpc) is 3.42. The third kappa shape index (κ3) is 4.45. The molecule has 4 aromatic rings. The number of nitrogens with one attached hydrogen (secondary N) is 1. The minimum atomic E-state index is -0.581. The number of phenols is 1. The van der Waals surface area contributed by atoms with Crippen molar-refractivity contribution in [3.63, 3.8) is 0 Å². The minimum Gasteiger partial charge on any atom is -0.507 e. The predicted octanol–water partition coefficient (Wildman–Crippen LogP) is 3.92. The van der Waals surface area contributed by atoms with Crippen LogP contribution in [0.5, 0.6) is 5.75 Å². The first-order chi connectivity index (χ1) is 15.9. The number of benzene rings is 1. The first-order valence-electron chi connectivity index (χ1n) is 9.75. The van der Waals surface area contributed by atoms with Gasteiger partial charge in [0.2, 0.25) is 0 Å². The Hall–Kier alpha value is -4.09. The summed E-state index contributed by atoms with van der Waals surface area (Å²) in [6, 6.07) is 9.18. The molecule has 1 aromatic carbocycles. The van der Waals surface area contributed by atoms with E-state index in [9.17, 15) is 20.0 Å². The van der Waals surface area contributed by atoms with Crippen molar-refractivity contribution in [3.8, 4) is 11.4 Å². The fourth-order valence-corrected chi connectivity index (χ4v) is 4.57. The summed E-state index contributed by atoms with van der Waals surface area (Å²) in [7, 11) is 1.61. The number of phenolic OH excluding ortho intramolecular Hbond substituents is 1. The lowest BCUT2D eigenvalue weighted by atomic mass is 10.1. The lowest BCUT2D eigenvalue weighted by molar-refractivity contribution is -0.384. The van der Waals surface area contributed by atoms with Gasteiger partial charge in [-0.2, -0.15) is 5.10 Å². The number of methoxy groups -OCH3 is 1. The molecular formula is C22H19N5O5S. The third-order valence-corrected chi connectivity index (χ3v) is 5.88. The quantitative estimate of drug-likeness (QED) is 0.242. The van der Waals surface area contributed by atoms with E-state index in [4.69, 9.17) is 4.74 Å². The number of aryl methyl sites for hydroxylation is 1. The van der Waals surface area contributed by atoms with Gasteiger partial charge < -0.3 is 14.4 Å². The van der Waals surface area contributed by atoms with E-state index in [1.54, 1.807) is 7.11 Å². The predicted molar refractivity (Wildman–Crippen MR) is 124 cm³/mol. The normalized spacial score (nSPS) is 11.3. The molecular weight excluding hydrogens is 446 g/mol. The summed E-state index contributed by atoms with van der Waals surface area (Å²) in [6.45, 7) is 2.24. The minimum absolute atomic E-state index is 0.103. The highest BCUT2D eigenvalue weighted by Crippen LogP contribution is 2.36. The molecule has 0 bridgehead atoms. The van der Waals surface area contributed by atoms with Gasteiger partial charge in [0.25, 0.3) is 11.6 Å². The summed E-state index contributed by atoms with van der Waals surface area (Å²) in [6.07, 6.45) is 4.82. The van der Waals surface area contributed by atoms with E-state index in [0.29, 0.717) is 22.0 Å². The number of hydrazone groups is 1. The first-order valence-corrected chi connectivity index (χ1v) is 10.6. The second kappa shape index (κ2) is 9.18. The molecule has 3 heterocycles. The molecule has 10 nitrogen and oxygen atoms in total. The van der Waals surface area contributed by atoms with Crippen LogP contribution in [0, 0.1) is 17.0 Å². The van der Waals surface area contributed by atoms with Crippen LogP contribution in [0.1, 0.15) is 26.5 Å². The Morgan fingerprint density at radius 1 is 1.36 bits per heavy atom. The summed E-state index contributed by atoms with van der Waals surface area (Å²) in [5, 5.41) is 25.6. The number of aromatic nitrogens is 2. The largest absolute Gasteiger partial charge is 0.507 e. The van der Waals surface area contributed by atoms with E-state index in [0.717, 1.165) is 22.9 Å². The highest BCUT2D eigenvalue weighted by Gasteiger charge is 2.23. The number of non-ortho nitro benzene ring substituents is 1. The summed E-state index contributed by atoms with van der Waals surface area (Å²) in [5.74, 6) is -0.679. The van der Waals surface area contributed by atoms with Crippen LogP contribution in [-0.2, 0) is 11.3 Å². The summed E-state index contributed by atoms with van der Waals surface area (Å²) in [4.78, 5) is 29.1. The number of rotatable bonds is 7. The van der Waals surface area contributed by atoms with Gasteiger partial charge in [-0.25, -0.2) is 10.4 Å². The van der Waals surface area contributed by atoms with E-state index in [1.165, 1.54) is 29.5 Å². The van der Waals surface area contributed by atoms with Gasteiger partial charge in [-0.3, -0.25) is 14.9 Å². The molecule has 1 amide bonds. The number of carbonyl (C=O) groups is 1. The molecule has 0 saturated carbocycles. The van der Waals surface area contributed by atoms with E-state index in [-0.39, 0.29) is 17.0 Å². The highest BCUT2D eigenvalue weighted by molar-refractivity contribution is 7.21. The molecule has 11 heteroatoms. The number of carbonyl (C=O) groups excluding carboxylic acids is 1. The van der Waals surface area contributed by atoms with E-state index in [2.05, 4.69) is 15.5 Å². The second-order valence-corrected chi connectivity index (χ2v) is 8.10. The first kappa shape index (κ1) is 22.1. The number of nitro groups is 1.